The summed E-state index contributed by atoms with van der Waals surface area (Å²) in [6.45, 7) is 5.93. The number of ether oxygens (including phenoxy) is 1. The monoisotopic (exact) mass is 416 g/mol. The summed E-state index contributed by atoms with van der Waals surface area (Å²) >= 11 is 0. The number of imidazole rings is 1. The van der Waals surface area contributed by atoms with Gasteiger partial charge in [0, 0.05) is 30.6 Å². The van der Waals surface area contributed by atoms with E-state index in [1.54, 1.807) is 6.07 Å². The number of carbonyl (C=O) groups is 1. The fraction of sp³-hybridized carbons (Fsp3) is 0.400. The van der Waals surface area contributed by atoms with Crippen molar-refractivity contribution in [3.05, 3.63) is 48.4 Å². The molecule has 0 saturated carbocycles. The zero-order chi connectivity index (χ0) is 19.5. The van der Waals surface area contributed by atoms with Crippen molar-refractivity contribution in [3.8, 4) is 5.75 Å². The number of rotatable bonds is 5. The van der Waals surface area contributed by atoms with Gasteiger partial charge in [-0.3, -0.25) is 4.79 Å². The van der Waals surface area contributed by atoms with E-state index in [0.717, 1.165) is 37.3 Å². The molecule has 0 bridgehead atoms. The molecule has 1 aliphatic heterocycles. The second-order valence-corrected chi connectivity index (χ2v) is 7.22. The molecule has 0 unspecified atom stereocenters. The third-order valence-corrected chi connectivity index (χ3v) is 4.76. The summed E-state index contributed by atoms with van der Waals surface area (Å²) < 4.78 is 7.88. The second-order valence-electron chi connectivity index (χ2n) is 7.22. The normalized spacial score (nSPS) is 14.6. The number of nitrogens with zero attached hydrogens (tertiary/aromatic N) is 4. The molecule has 0 radical (unpaired) electrons. The number of halogens is 1. The number of hydrogen-bond donors (Lipinski definition) is 2. The number of amides is 1. The summed E-state index contributed by atoms with van der Waals surface area (Å²) in [5.74, 6) is 0.732. The minimum Gasteiger partial charge on any atom is -0.489 e. The number of aromatic nitrogens is 4. The Bertz CT molecular complexity index is 970. The first kappa shape index (κ1) is 21.0. The van der Waals surface area contributed by atoms with E-state index in [-0.39, 0.29) is 24.4 Å². The Morgan fingerprint density at radius 3 is 2.79 bits per heavy atom. The summed E-state index contributed by atoms with van der Waals surface area (Å²) in [4.78, 5) is 25.2. The molecule has 8 nitrogen and oxygen atoms in total. The average molecular weight is 417 g/mol. The topological polar surface area (TPSA) is 93.4 Å². The highest BCUT2D eigenvalue weighted by Crippen LogP contribution is 2.30. The van der Waals surface area contributed by atoms with Crippen LogP contribution in [-0.2, 0) is 0 Å². The zero-order valence-corrected chi connectivity index (χ0v) is 17.3. The van der Waals surface area contributed by atoms with Gasteiger partial charge >= 0.3 is 0 Å². The quantitative estimate of drug-likeness (QED) is 0.664. The molecule has 1 aliphatic rings. The van der Waals surface area contributed by atoms with Crippen LogP contribution in [0.5, 0.6) is 5.75 Å². The molecular weight excluding hydrogens is 392 g/mol. The predicted molar refractivity (Wildman–Crippen MR) is 113 cm³/mol. The second kappa shape index (κ2) is 9.19. The van der Waals surface area contributed by atoms with Crippen LogP contribution < -0.4 is 15.4 Å². The van der Waals surface area contributed by atoms with Gasteiger partial charge in [-0.1, -0.05) is 0 Å². The number of hydrogen-bond acceptors (Lipinski definition) is 6. The molecule has 0 aliphatic carbocycles. The van der Waals surface area contributed by atoms with E-state index in [2.05, 4.69) is 20.6 Å². The third-order valence-electron chi connectivity index (χ3n) is 4.76. The predicted octanol–water partition coefficient (Wildman–Crippen LogP) is 3.05. The fourth-order valence-corrected chi connectivity index (χ4v) is 3.41. The van der Waals surface area contributed by atoms with Gasteiger partial charge in [0.2, 0.25) is 0 Å². The van der Waals surface area contributed by atoms with E-state index in [0.29, 0.717) is 23.0 Å². The molecule has 4 rings (SSSR count). The van der Waals surface area contributed by atoms with Crippen molar-refractivity contribution < 1.29 is 9.53 Å². The molecule has 2 N–H and O–H groups in total. The molecule has 0 aromatic carbocycles. The van der Waals surface area contributed by atoms with Crippen LogP contribution in [0.4, 0.5) is 5.69 Å². The first-order valence-corrected chi connectivity index (χ1v) is 9.57. The van der Waals surface area contributed by atoms with Gasteiger partial charge < -0.3 is 19.8 Å². The summed E-state index contributed by atoms with van der Waals surface area (Å²) in [6.07, 6.45) is 8.92. The molecule has 3 aromatic heterocycles. The molecule has 1 amide bonds. The Morgan fingerprint density at radius 2 is 2.10 bits per heavy atom. The Hall–Kier alpha value is -2.71. The molecule has 4 heterocycles. The highest BCUT2D eigenvalue weighted by Gasteiger charge is 2.20. The SMILES string of the molecule is CC(C)Oc1cc2nc(C3CCNCC3)cn2cc1NC(=O)c1ccncn1.Cl. The van der Waals surface area contributed by atoms with Gasteiger partial charge in [-0.25, -0.2) is 15.0 Å². The highest BCUT2D eigenvalue weighted by atomic mass is 35.5. The molecule has 0 atom stereocenters. The van der Waals surface area contributed by atoms with Crippen molar-refractivity contribution in [1.29, 1.82) is 0 Å². The number of piperidine rings is 1. The number of fused-ring (bicyclic) bond motifs is 1. The number of pyridine rings is 1. The average Bonchev–Trinajstić information content (AvgIpc) is 3.12. The van der Waals surface area contributed by atoms with Crippen LogP contribution in [0.25, 0.3) is 5.65 Å². The molecular formula is C20H25ClN6O2. The molecule has 29 heavy (non-hydrogen) atoms. The van der Waals surface area contributed by atoms with Crippen LogP contribution in [0.15, 0.2) is 37.1 Å². The molecule has 154 valence electrons. The van der Waals surface area contributed by atoms with Gasteiger partial charge in [-0.15, -0.1) is 12.4 Å². The van der Waals surface area contributed by atoms with Gasteiger partial charge in [-0.05, 0) is 45.8 Å². The van der Waals surface area contributed by atoms with E-state index in [1.165, 1.54) is 12.5 Å². The summed E-state index contributed by atoms with van der Waals surface area (Å²) in [5, 5.41) is 6.28. The van der Waals surface area contributed by atoms with E-state index < -0.39 is 0 Å². The molecule has 9 heteroatoms. The lowest BCUT2D eigenvalue weighted by Crippen LogP contribution is -2.26. The van der Waals surface area contributed by atoms with Gasteiger partial charge in [0.1, 0.15) is 29.1 Å². The maximum absolute atomic E-state index is 12.6. The summed E-state index contributed by atoms with van der Waals surface area (Å²) in [5.41, 5.74) is 2.77. The van der Waals surface area contributed by atoms with Gasteiger partial charge in [0.05, 0.1) is 11.8 Å². The van der Waals surface area contributed by atoms with Crippen LogP contribution in [0, 0.1) is 0 Å². The van der Waals surface area contributed by atoms with E-state index in [4.69, 9.17) is 9.72 Å². The summed E-state index contributed by atoms with van der Waals surface area (Å²) in [7, 11) is 0. The van der Waals surface area contributed by atoms with E-state index in [1.807, 2.05) is 36.7 Å². The van der Waals surface area contributed by atoms with E-state index in [9.17, 15) is 4.79 Å². The maximum Gasteiger partial charge on any atom is 0.274 e. The number of nitrogens with one attached hydrogen (secondary N) is 2. The molecule has 0 spiro atoms. The fourth-order valence-electron chi connectivity index (χ4n) is 3.41. The number of carbonyl (C=O) groups excluding carboxylic acids is 1. The van der Waals surface area contributed by atoms with Crippen molar-refractivity contribution in [2.45, 2.75) is 38.7 Å². The smallest absolute Gasteiger partial charge is 0.274 e. The standard InChI is InChI=1S/C20H24N6O2.ClH/c1-13(2)28-18-9-19-24-16(14-3-6-21-7-4-14)10-26(19)11-17(18)25-20(27)15-5-8-22-12-23-15;/h5,8-14,21H,3-4,6-7H2,1-2H3,(H,25,27);1H. The van der Waals surface area contributed by atoms with Gasteiger partial charge in [0.15, 0.2) is 0 Å². The molecule has 1 saturated heterocycles. The zero-order valence-electron chi connectivity index (χ0n) is 16.5. The van der Waals surface area contributed by atoms with Gasteiger partial charge in [0.25, 0.3) is 5.91 Å². The number of anilines is 1. The van der Waals surface area contributed by atoms with Crippen LogP contribution in [-0.4, -0.2) is 44.5 Å². The van der Waals surface area contributed by atoms with Crippen molar-refractivity contribution in [3.63, 3.8) is 0 Å². The van der Waals surface area contributed by atoms with Crippen LogP contribution in [0.3, 0.4) is 0 Å². The van der Waals surface area contributed by atoms with Crippen LogP contribution >= 0.6 is 12.4 Å². The Labute approximate surface area is 175 Å². The third kappa shape index (κ3) is 4.83. The van der Waals surface area contributed by atoms with Crippen molar-refractivity contribution in [2.24, 2.45) is 0 Å². The summed E-state index contributed by atoms with van der Waals surface area (Å²) in [6, 6.07) is 3.45. The minimum absolute atomic E-state index is 0. The first-order valence-electron chi connectivity index (χ1n) is 9.57. The minimum atomic E-state index is -0.311. The Morgan fingerprint density at radius 1 is 1.31 bits per heavy atom. The first-order chi connectivity index (χ1) is 13.6. The van der Waals surface area contributed by atoms with Crippen molar-refractivity contribution >= 4 is 29.6 Å². The highest BCUT2D eigenvalue weighted by molar-refractivity contribution is 6.03. The van der Waals surface area contributed by atoms with Crippen molar-refractivity contribution in [2.75, 3.05) is 18.4 Å². The van der Waals surface area contributed by atoms with Crippen LogP contribution in [0.2, 0.25) is 0 Å². The van der Waals surface area contributed by atoms with Gasteiger partial charge in [-0.2, -0.15) is 0 Å². The largest absolute Gasteiger partial charge is 0.489 e. The van der Waals surface area contributed by atoms with Crippen molar-refractivity contribution in [1.82, 2.24) is 24.7 Å². The lowest BCUT2D eigenvalue weighted by molar-refractivity contribution is 0.102. The van der Waals surface area contributed by atoms with E-state index >= 15 is 0 Å². The maximum atomic E-state index is 12.6. The van der Waals surface area contributed by atoms with Crippen LogP contribution in [0.1, 0.15) is 48.8 Å². The lowest BCUT2D eigenvalue weighted by Gasteiger charge is -2.20. The molecule has 1 fully saturated rings. The Balaban J connectivity index is 0.00000240. The lowest BCUT2D eigenvalue weighted by atomic mass is 9.95. The Kier molecular flexibility index (Phi) is 6.66. The molecule has 3 aromatic rings.